The van der Waals surface area contributed by atoms with Crippen molar-refractivity contribution in [1.82, 2.24) is 9.80 Å². The maximum Gasteiger partial charge on any atom is 0.231 e. The van der Waals surface area contributed by atoms with Crippen LogP contribution in [-0.2, 0) is 18.4 Å². The van der Waals surface area contributed by atoms with Crippen molar-refractivity contribution in [3.05, 3.63) is 0 Å². The second-order valence-electron chi connectivity index (χ2n) is 6.82. The molecule has 2 heterocycles. The van der Waals surface area contributed by atoms with E-state index in [1.807, 2.05) is 19.6 Å². The zero-order chi connectivity index (χ0) is 15.7. The third kappa shape index (κ3) is 4.66. The van der Waals surface area contributed by atoms with Crippen LogP contribution in [0.5, 0.6) is 0 Å². The molecular weight excluding hydrogens is 307 g/mol. The summed E-state index contributed by atoms with van der Waals surface area (Å²) < 4.78 is 19.2. The molecule has 0 N–H and O–H groups in total. The Morgan fingerprint density at radius 2 is 1.43 bits per heavy atom. The van der Waals surface area contributed by atoms with Gasteiger partial charge in [0.25, 0.3) is 0 Å². The molecule has 0 aromatic rings. The van der Waals surface area contributed by atoms with E-state index in [0.29, 0.717) is 25.9 Å². The van der Waals surface area contributed by atoms with Gasteiger partial charge in [0.1, 0.15) is 0 Å². The number of amides is 2. The van der Waals surface area contributed by atoms with Crippen LogP contribution < -0.4 is 0 Å². The summed E-state index contributed by atoms with van der Waals surface area (Å²) in [6.07, 6.45) is 2.98. The maximum absolute atomic E-state index is 13.3. The van der Waals surface area contributed by atoms with Gasteiger partial charge in [-0.15, -0.1) is 0 Å². The molecule has 2 fully saturated rings. The van der Waals surface area contributed by atoms with E-state index in [1.165, 1.54) is 0 Å². The second kappa shape index (κ2) is 6.22. The lowest BCUT2D eigenvalue weighted by atomic mass is 10.4. The summed E-state index contributed by atoms with van der Waals surface area (Å²) in [5, 5.41) is 0. The maximum atomic E-state index is 13.3. The van der Waals surface area contributed by atoms with Crippen molar-refractivity contribution >= 4 is 27.5 Å². The molecule has 0 atom stereocenters. The molecule has 120 valence electrons. The molecule has 2 rings (SSSR count). The molecule has 0 bridgehead atoms. The lowest BCUT2D eigenvalue weighted by Gasteiger charge is -2.32. The lowest BCUT2D eigenvalue weighted by Crippen LogP contribution is -2.35. The smallest absolute Gasteiger partial charge is 0.231 e. The van der Waals surface area contributed by atoms with Gasteiger partial charge in [-0.05, 0) is 32.5 Å². The number of rotatable bonds is 6. The fourth-order valence-electron chi connectivity index (χ4n) is 2.83. The Morgan fingerprint density at radius 1 is 1.00 bits per heavy atom. The molecule has 0 aromatic carbocycles. The molecule has 0 aromatic heterocycles. The largest absolute Gasteiger partial charge is 0.368 e. The van der Waals surface area contributed by atoms with E-state index < -0.39 is 15.7 Å². The number of likely N-dealkylation sites (tertiary alicyclic amines) is 2. The van der Waals surface area contributed by atoms with Crippen LogP contribution in [0.4, 0.5) is 0 Å². The third-order valence-electron chi connectivity index (χ3n) is 3.56. The van der Waals surface area contributed by atoms with Crippen LogP contribution >= 0.6 is 7.37 Å². The van der Waals surface area contributed by atoms with Gasteiger partial charge in [0.2, 0.25) is 19.2 Å². The summed E-state index contributed by atoms with van der Waals surface area (Å²) in [5.74, 6) is 0.0873. The number of nitrogens with zero attached hydrogens (tertiary/aromatic N) is 2. The zero-order valence-electron chi connectivity index (χ0n) is 13.1. The van der Waals surface area contributed by atoms with Crippen LogP contribution in [0.3, 0.4) is 0 Å². The molecule has 8 heteroatoms. The molecule has 0 aliphatic carbocycles. The van der Waals surface area contributed by atoms with Gasteiger partial charge in [0.05, 0.1) is 12.6 Å². The molecule has 21 heavy (non-hydrogen) atoms. The van der Waals surface area contributed by atoms with Gasteiger partial charge in [-0.3, -0.25) is 14.2 Å². The zero-order valence-corrected chi connectivity index (χ0v) is 15.0. The van der Waals surface area contributed by atoms with Gasteiger partial charge in [-0.25, -0.2) is 0 Å². The first-order valence-corrected chi connectivity index (χ1v) is 12.9. The van der Waals surface area contributed by atoms with Crippen LogP contribution in [0, 0.1) is 0 Å². The Bertz CT molecular complexity index is 445. The quantitative estimate of drug-likeness (QED) is 0.553. The molecule has 2 aliphatic heterocycles. The first-order chi connectivity index (χ1) is 9.69. The summed E-state index contributed by atoms with van der Waals surface area (Å²) in [7, 11) is -5.06. The molecule has 0 unspecified atom stereocenters. The minimum atomic E-state index is -3.04. The van der Waals surface area contributed by atoms with E-state index in [9.17, 15) is 14.2 Å². The molecule has 2 saturated heterocycles. The molecule has 2 amide bonds. The Kier molecular flexibility index (Phi) is 4.95. The van der Waals surface area contributed by atoms with E-state index >= 15 is 0 Å². The highest BCUT2D eigenvalue weighted by Crippen LogP contribution is 2.51. The van der Waals surface area contributed by atoms with Crippen LogP contribution in [0.2, 0.25) is 19.6 Å². The summed E-state index contributed by atoms with van der Waals surface area (Å²) in [4.78, 5) is 26.9. The first kappa shape index (κ1) is 16.7. The topological polar surface area (TPSA) is 66.9 Å². The van der Waals surface area contributed by atoms with Gasteiger partial charge < -0.3 is 14.0 Å². The molecule has 0 radical (unpaired) electrons. The highest BCUT2D eigenvalue weighted by atomic mass is 31.2. The fraction of sp³-hybridized carbons (Fsp3) is 0.846. The lowest BCUT2D eigenvalue weighted by molar-refractivity contribution is -0.127. The average molecular weight is 332 g/mol. The monoisotopic (exact) mass is 332 g/mol. The van der Waals surface area contributed by atoms with Crippen LogP contribution in [0.15, 0.2) is 0 Å². The van der Waals surface area contributed by atoms with Gasteiger partial charge in [0.15, 0.2) is 8.32 Å². The van der Waals surface area contributed by atoms with Crippen LogP contribution in [0.25, 0.3) is 0 Å². The highest BCUT2D eigenvalue weighted by molar-refractivity contribution is 7.60. The summed E-state index contributed by atoms with van der Waals surface area (Å²) in [5.41, 5.74) is 0. The molecule has 2 aliphatic rings. The number of hydrogen-bond acceptors (Lipinski definition) is 4. The minimum Gasteiger partial charge on any atom is -0.368 e. The second-order valence-corrected chi connectivity index (χ2v) is 14.0. The van der Waals surface area contributed by atoms with E-state index in [-0.39, 0.29) is 24.4 Å². The van der Waals surface area contributed by atoms with Crippen molar-refractivity contribution < 1.29 is 18.4 Å². The molecule has 0 spiro atoms. The van der Waals surface area contributed by atoms with E-state index in [0.717, 1.165) is 12.8 Å². The van der Waals surface area contributed by atoms with Crippen molar-refractivity contribution in [3.8, 4) is 0 Å². The van der Waals surface area contributed by atoms with E-state index in [2.05, 4.69) is 0 Å². The van der Waals surface area contributed by atoms with Crippen molar-refractivity contribution in [2.75, 3.05) is 25.7 Å². The van der Waals surface area contributed by atoms with Gasteiger partial charge in [0, 0.05) is 25.9 Å². The van der Waals surface area contributed by atoms with Gasteiger partial charge in [-0.1, -0.05) is 0 Å². The Labute approximate surface area is 127 Å². The number of hydrogen-bond donors (Lipinski definition) is 0. The predicted octanol–water partition coefficient (Wildman–Crippen LogP) is 2.28. The minimum absolute atomic E-state index is 0.0437. The highest BCUT2D eigenvalue weighted by Gasteiger charge is 2.38. The Hall–Kier alpha value is -0.653. The average Bonchev–Trinajstić information content (AvgIpc) is 2.87. The van der Waals surface area contributed by atoms with Crippen molar-refractivity contribution in [3.63, 3.8) is 0 Å². The number of carbonyl (C=O) groups excluding carboxylic acids is 2. The Morgan fingerprint density at radius 3 is 1.71 bits per heavy atom. The van der Waals surface area contributed by atoms with Gasteiger partial charge >= 0.3 is 0 Å². The molecular formula is C13H25N2O4PSi. The summed E-state index contributed by atoms with van der Waals surface area (Å²) >= 11 is 0. The van der Waals surface area contributed by atoms with Crippen LogP contribution in [0.1, 0.15) is 25.7 Å². The molecule has 6 nitrogen and oxygen atoms in total. The summed E-state index contributed by atoms with van der Waals surface area (Å²) in [6, 6.07) is 0. The van der Waals surface area contributed by atoms with E-state index in [4.69, 9.17) is 4.21 Å². The van der Waals surface area contributed by atoms with Crippen molar-refractivity contribution in [1.29, 1.82) is 0 Å². The fourth-order valence-corrected chi connectivity index (χ4v) is 9.01. The van der Waals surface area contributed by atoms with Crippen molar-refractivity contribution in [2.45, 2.75) is 45.3 Å². The standard InChI is InChI=1S/C13H25N2O4PSi/c1-21(2,3)19-20(18,10-14-8-4-6-12(14)16)11-15-9-5-7-13(15)17/h4-11H2,1-3H3. The predicted molar refractivity (Wildman–Crippen MR) is 83.7 cm³/mol. The SMILES string of the molecule is C[Si](C)(C)OP(=O)(CN1CCCC1=O)CN1CCCC1=O. The van der Waals surface area contributed by atoms with Gasteiger partial charge in [-0.2, -0.15) is 0 Å². The molecule has 0 saturated carbocycles. The van der Waals surface area contributed by atoms with E-state index in [1.54, 1.807) is 9.80 Å². The normalized spacial score (nSPS) is 20.7. The number of carbonyl (C=O) groups is 2. The Balaban J connectivity index is 2.11. The van der Waals surface area contributed by atoms with Crippen molar-refractivity contribution in [2.24, 2.45) is 0 Å². The third-order valence-corrected chi connectivity index (χ3v) is 8.62. The summed E-state index contributed by atoms with van der Waals surface area (Å²) in [6.45, 7) is 7.24. The first-order valence-electron chi connectivity index (χ1n) is 7.53. The van der Waals surface area contributed by atoms with Crippen LogP contribution in [-0.4, -0.2) is 55.6 Å².